The normalized spacial score (nSPS) is 17.3. The number of methoxy groups -OCH3 is 1. The molecular weight excluding hydrogens is 694 g/mol. The molecule has 1 saturated heterocycles. The zero-order valence-electron chi connectivity index (χ0n) is 28.3. The number of amides is 1. The summed E-state index contributed by atoms with van der Waals surface area (Å²) in [6, 6.07) is 44.0. The summed E-state index contributed by atoms with van der Waals surface area (Å²) in [5.74, 6) is 0.298. The van der Waals surface area contributed by atoms with Crippen LogP contribution < -0.4 is 20.7 Å². The van der Waals surface area contributed by atoms with Crippen LogP contribution in [0.25, 0.3) is 0 Å². The van der Waals surface area contributed by atoms with Gasteiger partial charge in [-0.25, -0.2) is 0 Å². The molecule has 1 fully saturated rings. The van der Waals surface area contributed by atoms with Crippen LogP contribution in [0.1, 0.15) is 11.1 Å². The number of hydrogen-bond donors (Lipinski definition) is 0. The zero-order valence-corrected chi connectivity index (χ0v) is 30.1. The first kappa shape index (κ1) is 34.9. The van der Waals surface area contributed by atoms with E-state index >= 15 is 0 Å². The fourth-order valence-corrected chi connectivity index (χ4v) is 13.3. The van der Waals surface area contributed by atoms with Crippen LogP contribution in [0.4, 0.5) is 5.69 Å². The van der Waals surface area contributed by atoms with Gasteiger partial charge in [-0.05, 0) is 0 Å². The Morgan fingerprint density at radius 3 is 2.04 bits per heavy atom. The number of hydrogen-bond acceptors (Lipinski definition) is 8. The molecule has 0 spiro atoms. The van der Waals surface area contributed by atoms with Crippen molar-refractivity contribution >= 4 is 58.7 Å². The molecule has 2 atom stereocenters. The van der Waals surface area contributed by atoms with Crippen molar-refractivity contribution in [3.05, 3.63) is 172 Å². The van der Waals surface area contributed by atoms with Crippen LogP contribution in [0.3, 0.4) is 0 Å². The van der Waals surface area contributed by atoms with E-state index in [4.69, 9.17) is 9.47 Å². The van der Waals surface area contributed by atoms with E-state index < -0.39 is 29.6 Å². The van der Waals surface area contributed by atoms with E-state index in [0.717, 1.165) is 11.1 Å². The van der Waals surface area contributed by atoms with Gasteiger partial charge in [-0.2, -0.15) is 0 Å². The summed E-state index contributed by atoms with van der Waals surface area (Å²) in [5, 5.41) is 14.4. The maximum absolute atomic E-state index is 14.3. The van der Waals surface area contributed by atoms with Gasteiger partial charge in [0.2, 0.25) is 0 Å². The van der Waals surface area contributed by atoms with Crippen LogP contribution >= 0.6 is 19.0 Å². The Bertz CT molecular complexity index is 2050. The monoisotopic (exact) mass is 729 g/mol. The standard InChI is InChI=1S/C41H36N3O6PS/c1-49-33-22-20-29(21-23-33)26-50-41(46)38-31(28-52-40-37(39(45)43(38)40)42-25-30-12-11-13-32(24-30)44(47)48)27-51(34-14-5-2-6-15-34,35-16-7-3-8-17-35)36-18-9-4-10-19-36/h2-25,37,40,51H,26-28H2,1H3/t37-,40+/m1/s1. The van der Waals surface area contributed by atoms with Crippen LogP contribution in [0, 0.1) is 10.1 Å². The minimum absolute atomic E-state index is 0.0203. The van der Waals surface area contributed by atoms with E-state index in [-0.39, 0.29) is 23.9 Å². The van der Waals surface area contributed by atoms with Crippen molar-refractivity contribution in [2.24, 2.45) is 4.99 Å². The minimum atomic E-state index is -2.85. The summed E-state index contributed by atoms with van der Waals surface area (Å²) < 4.78 is 11.3. The Morgan fingerprint density at radius 1 is 0.885 bits per heavy atom. The molecule has 0 unspecified atom stereocenters. The van der Waals surface area contributed by atoms with Crippen LogP contribution in [0.5, 0.6) is 5.75 Å². The van der Waals surface area contributed by atoms with Gasteiger partial charge in [-0.15, -0.1) is 0 Å². The van der Waals surface area contributed by atoms with Crippen molar-refractivity contribution in [1.29, 1.82) is 0 Å². The number of ether oxygens (including phenoxy) is 2. The Kier molecular flexibility index (Phi) is 10.3. The second kappa shape index (κ2) is 15.4. The third-order valence-electron chi connectivity index (χ3n) is 9.49. The molecule has 0 aromatic heterocycles. The first-order chi connectivity index (χ1) is 25.4. The van der Waals surface area contributed by atoms with E-state index in [9.17, 15) is 19.7 Å². The summed E-state index contributed by atoms with van der Waals surface area (Å²) in [7, 11) is -1.26. The average molecular weight is 730 g/mol. The number of thioether (sulfide) groups is 1. The molecule has 0 bridgehead atoms. The van der Waals surface area contributed by atoms with Crippen LogP contribution in [0.2, 0.25) is 0 Å². The number of aliphatic imine (C=N–C) groups is 1. The van der Waals surface area contributed by atoms with Gasteiger partial charge in [-0.3, -0.25) is 10.1 Å². The molecular formula is C41H36N3O6PS. The number of nitro benzene ring substituents is 1. The van der Waals surface area contributed by atoms with Crippen molar-refractivity contribution < 1.29 is 24.0 Å². The Morgan fingerprint density at radius 2 is 1.48 bits per heavy atom. The predicted molar refractivity (Wildman–Crippen MR) is 209 cm³/mol. The third-order valence-corrected chi connectivity index (χ3v) is 15.7. The van der Waals surface area contributed by atoms with E-state index in [1.54, 1.807) is 35.9 Å². The molecule has 5 aromatic rings. The average Bonchev–Trinajstić information content (AvgIpc) is 3.20. The number of benzene rings is 5. The summed E-state index contributed by atoms with van der Waals surface area (Å²) in [6.45, 7) is 0.0203. The molecule has 0 aliphatic carbocycles. The van der Waals surface area contributed by atoms with Gasteiger partial charge in [0.25, 0.3) is 0 Å². The quantitative estimate of drug-likeness (QED) is 0.0385. The number of nitrogens with zero attached hydrogens (tertiary/aromatic N) is 3. The summed E-state index contributed by atoms with van der Waals surface area (Å²) in [6.07, 6.45) is 2.04. The molecule has 0 saturated carbocycles. The number of carbonyl (C=O) groups is 2. The fraction of sp³-hybridized carbons (Fsp3) is 0.146. The van der Waals surface area contributed by atoms with Crippen molar-refractivity contribution in [2.75, 3.05) is 19.0 Å². The number of nitro groups is 1. The van der Waals surface area contributed by atoms with Gasteiger partial charge >= 0.3 is 297 Å². The molecule has 2 heterocycles. The van der Waals surface area contributed by atoms with Crippen LogP contribution in [0.15, 0.2) is 156 Å². The van der Waals surface area contributed by atoms with Crippen molar-refractivity contribution in [3.63, 3.8) is 0 Å². The van der Waals surface area contributed by atoms with Crippen molar-refractivity contribution in [3.8, 4) is 5.75 Å². The maximum atomic E-state index is 14.3. The van der Waals surface area contributed by atoms with E-state index in [1.165, 1.54) is 34.3 Å². The first-order valence-corrected chi connectivity index (χ1v) is 20.1. The van der Waals surface area contributed by atoms with Gasteiger partial charge in [0.05, 0.1) is 0 Å². The van der Waals surface area contributed by atoms with Gasteiger partial charge in [-0.1, -0.05) is 0 Å². The zero-order chi connectivity index (χ0) is 36.1. The predicted octanol–water partition coefficient (Wildman–Crippen LogP) is 6.03. The Hall–Kier alpha value is -5.57. The third kappa shape index (κ3) is 6.87. The molecule has 0 radical (unpaired) electrons. The molecule has 0 N–H and O–H groups in total. The van der Waals surface area contributed by atoms with Gasteiger partial charge < -0.3 is 0 Å². The molecule has 2 aliphatic heterocycles. The molecule has 9 nitrogen and oxygen atoms in total. The van der Waals surface area contributed by atoms with E-state index in [2.05, 4.69) is 77.8 Å². The summed E-state index contributed by atoms with van der Waals surface area (Å²) in [4.78, 5) is 45.3. The van der Waals surface area contributed by atoms with E-state index in [1.807, 2.05) is 42.5 Å². The van der Waals surface area contributed by atoms with Gasteiger partial charge in [0.15, 0.2) is 0 Å². The first-order valence-electron chi connectivity index (χ1n) is 16.8. The Labute approximate surface area is 306 Å². The van der Waals surface area contributed by atoms with Gasteiger partial charge in [0.1, 0.15) is 0 Å². The number of non-ortho nitro benzene ring substituents is 1. The second-order valence-corrected chi connectivity index (χ2v) is 17.5. The molecule has 7 rings (SSSR count). The number of fused-ring (bicyclic) bond motifs is 1. The SMILES string of the molecule is COc1ccc(COC(=O)C2=C(C[PH](c3ccccc3)(c3ccccc3)c3ccccc3)CS[C@H]3[C@H](N=Cc4cccc([N+](=O)[O-])c4)C(=O)N23)cc1. The molecule has 52 heavy (non-hydrogen) atoms. The van der Waals surface area contributed by atoms with Crippen molar-refractivity contribution in [1.82, 2.24) is 4.90 Å². The second-order valence-electron chi connectivity index (χ2n) is 12.5. The molecule has 5 aromatic carbocycles. The number of esters is 1. The topological polar surface area (TPSA) is 111 Å². The summed E-state index contributed by atoms with van der Waals surface area (Å²) in [5.41, 5.74) is 2.35. The molecule has 2 aliphatic rings. The number of β-lactam (4-membered cyclic amide) rings is 1. The number of rotatable bonds is 12. The van der Waals surface area contributed by atoms with Crippen LogP contribution in [-0.4, -0.2) is 58.4 Å². The molecule has 11 heteroatoms. The number of carbonyl (C=O) groups excluding carboxylic acids is 2. The van der Waals surface area contributed by atoms with Crippen molar-refractivity contribution in [2.45, 2.75) is 18.0 Å². The van der Waals surface area contributed by atoms with Crippen LogP contribution in [-0.2, 0) is 20.9 Å². The summed E-state index contributed by atoms with van der Waals surface area (Å²) >= 11 is 1.57. The molecule has 1 amide bonds. The van der Waals surface area contributed by atoms with E-state index in [0.29, 0.717) is 23.2 Å². The molecule has 262 valence electrons. The fourth-order valence-electron chi connectivity index (χ4n) is 6.91. The Balaban J connectivity index is 1.30. The van der Waals surface area contributed by atoms with Gasteiger partial charge in [0, 0.05) is 0 Å².